The van der Waals surface area contributed by atoms with Gasteiger partial charge in [0.25, 0.3) is 0 Å². The maximum Gasteiger partial charge on any atom is 2.00 e. The van der Waals surface area contributed by atoms with Crippen molar-refractivity contribution in [3.05, 3.63) is 43.4 Å². The first-order chi connectivity index (χ1) is 8.25. The van der Waals surface area contributed by atoms with Crippen LogP contribution in [-0.2, 0) is 21.7 Å². The third kappa shape index (κ3) is 6.87. The maximum atomic E-state index is 2.21. The van der Waals surface area contributed by atoms with E-state index < -0.39 is 0 Å². The summed E-state index contributed by atoms with van der Waals surface area (Å²) < 4.78 is 0. The normalized spacial score (nSPS) is 9.52. The summed E-state index contributed by atoms with van der Waals surface area (Å²) in [7, 11) is 2.87. The second-order valence-corrected chi connectivity index (χ2v) is 8.20. The second kappa shape index (κ2) is 11.4. The van der Waals surface area contributed by atoms with Gasteiger partial charge in [-0.25, -0.2) is 16.4 Å². The van der Waals surface area contributed by atoms with E-state index in [0.29, 0.717) is 0 Å². The van der Waals surface area contributed by atoms with Crippen LogP contribution in [0.15, 0.2) is 0 Å². The van der Waals surface area contributed by atoms with Crippen LogP contribution >= 0.6 is 41.2 Å². The zero-order chi connectivity index (χ0) is 14.0. The average Bonchev–Trinajstić information content (AvgIpc) is 2.66. The molecular weight excluding hydrogens is 373 g/mol. The Morgan fingerprint density at radius 2 is 0.857 bits per heavy atom. The molecule has 0 bridgehead atoms. The summed E-state index contributed by atoms with van der Waals surface area (Å²) >= 11 is 0. The first-order valence-electron chi connectivity index (χ1n) is 6.39. The molecule has 0 nitrogen and oxygen atoms in total. The monoisotopic (exact) mass is 398 g/mol. The van der Waals surface area contributed by atoms with Crippen molar-refractivity contribution in [2.45, 2.75) is 55.4 Å². The molecule has 5 heteroatoms. The number of hydrogen-bond acceptors (Lipinski definition) is 0. The van der Waals surface area contributed by atoms with Crippen LogP contribution in [0.25, 0.3) is 0 Å². The molecule has 0 aliphatic heterocycles. The van der Waals surface area contributed by atoms with Gasteiger partial charge in [-0.2, -0.15) is 32.8 Å². The van der Waals surface area contributed by atoms with E-state index in [1.807, 2.05) is 0 Å². The van der Waals surface area contributed by atoms with Gasteiger partial charge in [-0.05, 0) is 0 Å². The Morgan fingerprint density at radius 1 is 0.619 bits per heavy atom. The van der Waals surface area contributed by atoms with Crippen LogP contribution in [0.4, 0.5) is 0 Å². The van der Waals surface area contributed by atoms with E-state index in [-0.39, 0.29) is 46.5 Å². The molecule has 0 unspecified atom stereocenters. The Balaban J connectivity index is -0.000000270. The molecule has 0 aliphatic carbocycles. The van der Waals surface area contributed by atoms with Crippen molar-refractivity contribution in [1.82, 2.24) is 0 Å². The Hall–Kier alpha value is 0.854. The Bertz CT molecular complexity index is 462. The maximum absolute atomic E-state index is 2.21. The molecule has 2 heterocycles. The molecule has 2 rings (SSSR count). The third-order valence-corrected chi connectivity index (χ3v) is 6.65. The SMILES string of the molecule is Cc1p[c-](C)c(C)c1C.Cc1p[c-](C)c(C)c1C.Cl.Cl.[Ti+2]. The number of halogens is 2. The topological polar surface area (TPSA) is 0 Å². The minimum atomic E-state index is 0. The van der Waals surface area contributed by atoms with Crippen molar-refractivity contribution in [3.8, 4) is 0 Å². The van der Waals surface area contributed by atoms with Gasteiger partial charge in [-0.3, -0.25) is 0 Å². The molecule has 0 spiro atoms. The van der Waals surface area contributed by atoms with Crippen molar-refractivity contribution in [3.63, 3.8) is 0 Å². The fourth-order valence-electron chi connectivity index (χ4n) is 1.92. The van der Waals surface area contributed by atoms with Crippen LogP contribution in [0.5, 0.6) is 0 Å². The summed E-state index contributed by atoms with van der Waals surface area (Å²) in [5.74, 6) is 0. The molecule has 21 heavy (non-hydrogen) atoms. The average molecular weight is 399 g/mol. The molecule has 0 aliphatic rings. The van der Waals surface area contributed by atoms with Crippen LogP contribution < -0.4 is 0 Å². The second-order valence-electron chi connectivity index (χ2n) is 5.07. The predicted octanol–water partition coefficient (Wildman–Crippen LogP) is 7.28. The van der Waals surface area contributed by atoms with Gasteiger partial charge in [-0.15, -0.1) is 35.4 Å². The molecule has 0 amide bonds. The van der Waals surface area contributed by atoms with E-state index in [2.05, 4.69) is 55.4 Å². The zero-order valence-electron chi connectivity index (χ0n) is 14.2. The molecule has 0 saturated carbocycles. The predicted molar refractivity (Wildman–Crippen MR) is 101 cm³/mol. The Morgan fingerprint density at radius 3 is 0.905 bits per heavy atom. The van der Waals surface area contributed by atoms with Crippen molar-refractivity contribution in [2.24, 2.45) is 0 Å². The van der Waals surface area contributed by atoms with E-state index >= 15 is 0 Å². The van der Waals surface area contributed by atoms with E-state index in [4.69, 9.17) is 0 Å². The van der Waals surface area contributed by atoms with Crippen molar-refractivity contribution < 1.29 is 21.7 Å². The van der Waals surface area contributed by atoms with Crippen LogP contribution in [0, 0.1) is 55.4 Å². The van der Waals surface area contributed by atoms with E-state index in [1.165, 1.54) is 59.8 Å². The summed E-state index contributed by atoms with van der Waals surface area (Å²) in [6.45, 7) is 17.6. The number of rotatable bonds is 0. The first-order valence-corrected chi connectivity index (χ1v) is 8.18. The fraction of sp³-hybridized carbons (Fsp3) is 0.500. The number of hydrogen-bond donors (Lipinski definition) is 0. The smallest absolute Gasteiger partial charge is 0.220 e. The molecular formula is C16H26Cl2P2Ti. The molecule has 0 atom stereocenters. The quantitative estimate of drug-likeness (QED) is 0.323. The van der Waals surface area contributed by atoms with Crippen LogP contribution in [0.2, 0.25) is 0 Å². The van der Waals surface area contributed by atoms with Gasteiger partial charge in [0.05, 0.1) is 0 Å². The van der Waals surface area contributed by atoms with Gasteiger partial charge < -0.3 is 0 Å². The number of aryl methyl sites for hydroxylation is 4. The van der Waals surface area contributed by atoms with Crippen molar-refractivity contribution >= 4 is 41.2 Å². The molecule has 0 aromatic carbocycles. The Kier molecular flexibility index (Phi) is 14.5. The van der Waals surface area contributed by atoms with Gasteiger partial charge >= 0.3 is 21.7 Å². The molecule has 2 aromatic rings. The molecule has 0 fully saturated rings. The van der Waals surface area contributed by atoms with E-state index in [0.717, 1.165) is 0 Å². The van der Waals surface area contributed by atoms with Gasteiger partial charge in [0.15, 0.2) is 0 Å². The minimum absolute atomic E-state index is 0. The minimum Gasteiger partial charge on any atom is -0.220 e. The molecule has 0 radical (unpaired) electrons. The van der Waals surface area contributed by atoms with E-state index in [1.54, 1.807) is 0 Å². The van der Waals surface area contributed by atoms with Gasteiger partial charge in [0.2, 0.25) is 0 Å². The summed E-state index contributed by atoms with van der Waals surface area (Å²) in [5.41, 5.74) is 5.98. The van der Waals surface area contributed by atoms with Crippen LogP contribution in [0.3, 0.4) is 0 Å². The Labute approximate surface area is 161 Å². The van der Waals surface area contributed by atoms with Crippen molar-refractivity contribution in [2.75, 3.05) is 0 Å². The van der Waals surface area contributed by atoms with Gasteiger partial charge in [0.1, 0.15) is 0 Å². The molecule has 2 aromatic heterocycles. The standard InChI is InChI=1S/2C8H12P.2ClH.Ti/c2*1-5-6(2)8(4)9-7(5)3;;;/h2*1-4H3;2*1H;/q2*-1;;;+2. The fourth-order valence-corrected chi connectivity index (χ4v) is 4.27. The summed E-state index contributed by atoms with van der Waals surface area (Å²) in [6, 6.07) is 0. The largest absolute Gasteiger partial charge is 2.00 e. The summed E-state index contributed by atoms with van der Waals surface area (Å²) in [4.78, 5) is 0. The molecule has 118 valence electrons. The third-order valence-electron chi connectivity index (χ3n) is 3.97. The summed E-state index contributed by atoms with van der Waals surface area (Å²) in [6.07, 6.45) is 0. The van der Waals surface area contributed by atoms with E-state index in [9.17, 15) is 0 Å². The summed E-state index contributed by atoms with van der Waals surface area (Å²) in [5, 5.41) is 6.07. The zero-order valence-corrected chi connectivity index (χ0v) is 19.2. The van der Waals surface area contributed by atoms with Gasteiger partial charge in [-0.1, -0.05) is 55.4 Å². The molecule has 0 N–H and O–H groups in total. The first kappa shape index (κ1) is 26.7. The van der Waals surface area contributed by atoms with Gasteiger partial charge in [0, 0.05) is 0 Å². The van der Waals surface area contributed by atoms with Crippen LogP contribution in [-0.4, -0.2) is 0 Å². The molecule has 0 saturated heterocycles. The van der Waals surface area contributed by atoms with Crippen LogP contribution in [0.1, 0.15) is 43.4 Å². The van der Waals surface area contributed by atoms with Crippen molar-refractivity contribution in [1.29, 1.82) is 0 Å².